The minimum absolute atomic E-state index is 0.194. The van der Waals surface area contributed by atoms with E-state index in [1.54, 1.807) is 0 Å². The van der Waals surface area contributed by atoms with Crippen molar-refractivity contribution in [2.75, 3.05) is 32.7 Å². The number of carbonyl (C=O) groups excluding carboxylic acids is 4. The second kappa shape index (κ2) is 12.3. The van der Waals surface area contributed by atoms with Gasteiger partial charge in [0.1, 0.15) is 18.1 Å². The van der Waals surface area contributed by atoms with Crippen molar-refractivity contribution >= 4 is 29.6 Å². The number of nitrogens with two attached hydrogens (primary N) is 2. The SMILES string of the molecule is NCCCC[C@H](NC(=O)[C@@H]1CCCN1C(=O)CN)C(=O)NCC(=O)N1CCC[C@H]1C(=O)O. The number of hydrogen-bond acceptors (Lipinski definition) is 7. The van der Waals surface area contributed by atoms with Crippen LogP contribution in [0.4, 0.5) is 0 Å². The zero-order valence-corrected chi connectivity index (χ0v) is 18.3. The Kier molecular flexibility index (Phi) is 9.85. The summed E-state index contributed by atoms with van der Waals surface area (Å²) in [5.74, 6) is -2.84. The third-order valence-corrected chi connectivity index (χ3v) is 5.90. The molecule has 0 aromatic heterocycles. The van der Waals surface area contributed by atoms with E-state index in [4.69, 9.17) is 11.5 Å². The van der Waals surface area contributed by atoms with Crippen molar-refractivity contribution in [2.45, 2.75) is 63.1 Å². The van der Waals surface area contributed by atoms with E-state index in [2.05, 4.69) is 10.6 Å². The molecule has 2 rings (SSSR count). The van der Waals surface area contributed by atoms with Crippen LogP contribution in [0.3, 0.4) is 0 Å². The summed E-state index contributed by atoms with van der Waals surface area (Å²) in [5, 5.41) is 14.4. The van der Waals surface area contributed by atoms with Crippen LogP contribution < -0.4 is 22.1 Å². The van der Waals surface area contributed by atoms with Gasteiger partial charge in [-0.15, -0.1) is 0 Å². The Morgan fingerprint density at radius 3 is 2.16 bits per heavy atom. The van der Waals surface area contributed by atoms with Gasteiger partial charge in [0, 0.05) is 13.1 Å². The van der Waals surface area contributed by atoms with E-state index < -0.39 is 41.8 Å². The highest BCUT2D eigenvalue weighted by atomic mass is 16.4. The van der Waals surface area contributed by atoms with Gasteiger partial charge >= 0.3 is 5.97 Å². The lowest BCUT2D eigenvalue weighted by Crippen LogP contribution is -2.55. The summed E-state index contributed by atoms with van der Waals surface area (Å²) in [6.45, 7) is 0.656. The van der Waals surface area contributed by atoms with Gasteiger partial charge in [0.15, 0.2) is 0 Å². The molecule has 0 aromatic rings. The predicted molar refractivity (Wildman–Crippen MR) is 114 cm³/mol. The van der Waals surface area contributed by atoms with Crippen LogP contribution in [-0.4, -0.2) is 95.4 Å². The summed E-state index contributed by atoms with van der Waals surface area (Å²) < 4.78 is 0. The van der Waals surface area contributed by atoms with Crippen LogP contribution in [0.2, 0.25) is 0 Å². The number of carboxylic acid groups (broad SMARTS) is 1. The van der Waals surface area contributed by atoms with Crippen molar-refractivity contribution in [2.24, 2.45) is 11.5 Å². The summed E-state index contributed by atoms with van der Waals surface area (Å²) in [5.41, 5.74) is 10.9. The van der Waals surface area contributed by atoms with Gasteiger partial charge in [-0.1, -0.05) is 0 Å². The number of amides is 4. The molecule has 180 valence electrons. The first-order valence-corrected chi connectivity index (χ1v) is 11.1. The van der Waals surface area contributed by atoms with E-state index in [1.165, 1.54) is 9.80 Å². The molecule has 0 radical (unpaired) electrons. The summed E-state index contributed by atoms with van der Waals surface area (Å²) in [6.07, 6.45) is 3.70. The monoisotopic (exact) mass is 454 g/mol. The number of rotatable bonds is 11. The fourth-order valence-corrected chi connectivity index (χ4v) is 4.19. The van der Waals surface area contributed by atoms with E-state index in [0.29, 0.717) is 64.6 Å². The average Bonchev–Trinajstić information content (AvgIpc) is 3.46. The molecule has 2 aliphatic heterocycles. The van der Waals surface area contributed by atoms with Crippen LogP contribution in [0.25, 0.3) is 0 Å². The molecule has 4 amide bonds. The first kappa shape index (κ1) is 25.5. The smallest absolute Gasteiger partial charge is 0.326 e. The second-order valence-electron chi connectivity index (χ2n) is 8.10. The lowest BCUT2D eigenvalue weighted by atomic mass is 10.1. The molecule has 0 saturated carbocycles. The first-order chi connectivity index (χ1) is 15.3. The Morgan fingerprint density at radius 2 is 1.56 bits per heavy atom. The molecule has 7 N–H and O–H groups in total. The number of likely N-dealkylation sites (tertiary alicyclic amines) is 2. The summed E-state index contributed by atoms with van der Waals surface area (Å²) >= 11 is 0. The van der Waals surface area contributed by atoms with Gasteiger partial charge in [-0.25, -0.2) is 4.79 Å². The van der Waals surface area contributed by atoms with Crippen molar-refractivity contribution in [3.63, 3.8) is 0 Å². The standard InChI is InChI=1S/C20H34N6O6/c21-8-2-1-5-13(24-19(30)14-6-3-9-25(14)16(27)11-22)18(29)23-12-17(28)26-10-4-7-15(26)20(31)32/h13-15H,1-12,21-22H2,(H,23,29)(H,24,30)(H,31,32)/t13-,14-,15-/m0/s1. The van der Waals surface area contributed by atoms with Gasteiger partial charge in [-0.2, -0.15) is 0 Å². The molecular formula is C20H34N6O6. The quantitative estimate of drug-likeness (QED) is 0.216. The summed E-state index contributed by atoms with van der Waals surface area (Å²) in [7, 11) is 0. The lowest BCUT2D eigenvalue weighted by molar-refractivity contribution is -0.148. The Bertz CT molecular complexity index is 717. The molecule has 2 fully saturated rings. The highest BCUT2D eigenvalue weighted by Gasteiger charge is 2.36. The first-order valence-electron chi connectivity index (χ1n) is 11.1. The summed E-state index contributed by atoms with van der Waals surface area (Å²) in [6, 6.07) is -2.46. The fraction of sp³-hybridized carbons (Fsp3) is 0.750. The number of carbonyl (C=O) groups is 5. The molecule has 0 aromatic carbocycles. The molecular weight excluding hydrogens is 420 g/mol. The number of carboxylic acids is 1. The number of nitrogens with zero attached hydrogens (tertiary/aromatic N) is 2. The lowest BCUT2D eigenvalue weighted by Gasteiger charge is -2.26. The van der Waals surface area contributed by atoms with Crippen molar-refractivity contribution in [3.8, 4) is 0 Å². The van der Waals surface area contributed by atoms with Crippen LogP contribution in [0.15, 0.2) is 0 Å². The van der Waals surface area contributed by atoms with Crippen molar-refractivity contribution in [1.29, 1.82) is 0 Å². The molecule has 2 heterocycles. The highest BCUT2D eigenvalue weighted by Crippen LogP contribution is 2.18. The largest absolute Gasteiger partial charge is 0.480 e. The number of unbranched alkanes of at least 4 members (excludes halogenated alkanes) is 1. The van der Waals surface area contributed by atoms with Gasteiger partial charge in [-0.3, -0.25) is 19.2 Å². The topological polar surface area (TPSA) is 188 Å². The molecule has 12 nitrogen and oxygen atoms in total. The molecule has 0 bridgehead atoms. The van der Waals surface area contributed by atoms with E-state index in [9.17, 15) is 29.1 Å². The predicted octanol–water partition coefficient (Wildman–Crippen LogP) is -2.26. The van der Waals surface area contributed by atoms with Crippen molar-refractivity contribution in [1.82, 2.24) is 20.4 Å². The van der Waals surface area contributed by atoms with Gasteiger partial charge in [-0.05, 0) is 51.5 Å². The molecule has 2 aliphatic rings. The number of nitrogens with one attached hydrogen (secondary N) is 2. The second-order valence-corrected chi connectivity index (χ2v) is 8.10. The van der Waals surface area contributed by atoms with E-state index >= 15 is 0 Å². The number of hydrogen-bond donors (Lipinski definition) is 5. The third kappa shape index (κ3) is 6.63. The molecule has 3 atom stereocenters. The number of aliphatic carboxylic acids is 1. The Hall–Kier alpha value is -2.73. The molecule has 2 saturated heterocycles. The Balaban J connectivity index is 1.97. The Labute approximate surface area is 187 Å². The maximum atomic E-state index is 12.8. The van der Waals surface area contributed by atoms with Crippen LogP contribution in [0, 0.1) is 0 Å². The maximum absolute atomic E-state index is 12.8. The molecule has 0 spiro atoms. The van der Waals surface area contributed by atoms with Crippen LogP contribution >= 0.6 is 0 Å². The van der Waals surface area contributed by atoms with Gasteiger partial charge in [0.25, 0.3) is 0 Å². The minimum Gasteiger partial charge on any atom is -0.480 e. The van der Waals surface area contributed by atoms with Crippen LogP contribution in [-0.2, 0) is 24.0 Å². The fourth-order valence-electron chi connectivity index (χ4n) is 4.19. The van der Waals surface area contributed by atoms with E-state index in [-0.39, 0.29) is 19.0 Å². The molecule has 0 unspecified atom stereocenters. The van der Waals surface area contributed by atoms with Crippen molar-refractivity contribution in [3.05, 3.63) is 0 Å². The van der Waals surface area contributed by atoms with E-state index in [1.807, 2.05) is 0 Å². The van der Waals surface area contributed by atoms with Crippen LogP contribution in [0.1, 0.15) is 44.9 Å². The average molecular weight is 455 g/mol. The zero-order chi connectivity index (χ0) is 23.7. The Morgan fingerprint density at radius 1 is 0.938 bits per heavy atom. The van der Waals surface area contributed by atoms with Gasteiger partial charge in [0.2, 0.25) is 23.6 Å². The normalized spacial score (nSPS) is 21.3. The van der Waals surface area contributed by atoms with E-state index in [0.717, 1.165) is 0 Å². The van der Waals surface area contributed by atoms with Gasteiger partial charge in [0.05, 0.1) is 13.1 Å². The molecule has 32 heavy (non-hydrogen) atoms. The summed E-state index contributed by atoms with van der Waals surface area (Å²) in [4.78, 5) is 63.9. The third-order valence-electron chi connectivity index (χ3n) is 5.90. The minimum atomic E-state index is -1.07. The van der Waals surface area contributed by atoms with Gasteiger partial charge < -0.3 is 37.0 Å². The zero-order valence-electron chi connectivity index (χ0n) is 18.3. The maximum Gasteiger partial charge on any atom is 0.326 e. The highest BCUT2D eigenvalue weighted by molar-refractivity contribution is 5.94. The molecule has 0 aliphatic carbocycles. The van der Waals surface area contributed by atoms with Crippen LogP contribution in [0.5, 0.6) is 0 Å². The molecule has 12 heteroatoms. The van der Waals surface area contributed by atoms with Crippen molar-refractivity contribution < 1.29 is 29.1 Å².